The van der Waals surface area contributed by atoms with Crippen LogP contribution in [-0.2, 0) is 30.8 Å². The summed E-state index contributed by atoms with van der Waals surface area (Å²) in [6, 6.07) is 24.7. The van der Waals surface area contributed by atoms with E-state index in [1.807, 2.05) is 78.1 Å². The van der Waals surface area contributed by atoms with Crippen molar-refractivity contribution in [2.75, 3.05) is 87.9 Å². The number of aromatic nitrogens is 5. The van der Waals surface area contributed by atoms with E-state index in [0.29, 0.717) is 100 Å². The van der Waals surface area contributed by atoms with Crippen LogP contribution in [0.15, 0.2) is 104 Å². The standard InChI is InChI=1S/C47H49FN10O4/c1-60-38-10-5-33(6-11-38)31-57(32-34-7-12-39(61-2)13-8-34)46-50-28-37(29-51-46)43-40-15-17-58(44(40)53-47(52-43)56-22-24-62-25-23-56)42-14-9-36(26-41(42)48)45(59)55-20-18-54(19-21-55)30-35-4-3-16-49-27-35/h3-14,16,26-29H,15,17-25,30-32H2,1-2H3. The summed E-state index contributed by atoms with van der Waals surface area (Å²) in [5.41, 5.74) is 6.31. The number of hydrogen-bond acceptors (Lipinski definition) is 13. The number of benzene rings is 3. The van der Waals surface area contributed by atoms with Crippen molar-refractivity contribution >= 4 is 29.3 Å². The molecule has 3 aromatic carbocycles. The number of ether oxygens (including phenoxy) is 3. The number of piperazine rings is 1. The lowest BCUT2D eigenvalue weighted by Crippen LogP contribution is -2.48. The molecule has 0 bridgehead atoms. The SMILES string of the molecule is COc1ccc(CN(Cc2ccc(OC)cc2)c2ncc(-c3nc(N4CCOCC4)nc4c3CCN4c3ccc(C(=O)N4CCN(Cc5cccnc5)CC4)cc3F)cn2)cc1. The van der Waals surface area contributed by atoms with E-state index >= 15 is 4.39 Å². The fourth-order valence-electron chi connectivity index (χ4n) is 8.23. The molecule has 14 nitrogen and oxygen atoms in total. The van der Waals surface area contributed by atoms with Gasteiger partial charge in [0.25, 0.3) is 5.91 Å². The smallest absolute Gasteiger partial charge is 0.254 e. The maximum atomic E-state index is 16.3. The first-order chi connectivity index (χ1) is 30.4. The molecule has 0 N–H and O–H groups in total. The molecular formula is C47H49FN10O4. The number of hydrogen-bond donors (Lipinski definition) is 0. The van der Waals surface area contributed by atoms with Gasteiger partial charge in [0.1, 0.15) is 23.1 Å². The molecule has 3 aliphatic heterocycles. The Morgan fingerprint density at radius 3 is 2.06 bits per heavy atom. The summed E-state index contributed by atoms with van der Waals surface area (Å²) >= 11 is 0. The van der Waals surface area contributed by atoms with Crippen LogP contribution < -0.4 is 24.2 Å². The molecule has 3 aromatic heterocycles. The van der Waals surface area contributed by atoms with Gasteiger partial charge in [0.05, 0.1) is 38.8 Å². The zero-order valence-corrected chi connectivity index (χ0v) is 35.0. The van der Waals surface area contributed by atoms with Crippen LogP contribution in [0.5, 0.6) is 11.5 Å². The number of anilines is 4. The number of rotatable bonds is 13. The maximum Gasteiger partial charge on any atom is 0.254 e. The number of pyridine rings is 1. The Hall–Kier alpha value is -6.71. The number of morpholine rings is 1. The monoisotopic (exact) mass is 836 g/mol. The molecule has 0 radical (unpaired) electrons. The predicted molar refractivity (Wildman–Crippen MR) is 234 cm³/mol. The van der Waals surface area contributed by atoms with Crippen molar-refractivity contribution in [3.05, 3.63) is 137 Å². The molecule has 0 atom stereocenters. The van der Waals surface area contributed by atoms with Gasteiger partial charge in [-0.2, -0.15) is 4.98 Å². The van der Waals surface area contributed by atoms with Crippen LogP contribution >= 0.6 is 0 Å². The molecule has 318 valence electrons. The largest absolute Gasteiger partial charge is 0.497 e. The number of nitrogens with zero attached hydrogens (tertiary/aromatic N) is 10. The van der Waals surface area contributed by atoms with Crippen LogP contribution in [0.1, 0.15) is 32.6 Å². The molecular weight excluding hydrogens is 788 g/mol. The van der Waals surface area contributed by atoms with Gasteiger partial charge >= 0.3 is 0 Å². The maximum absolute atomic E-state index is 16.3. The molecule has 0 unspecified atom stereocenters. The average molecular weight is 837 g/mol. The Balaban J connectivity index is 0.972. The number of amides is 1. The summed E-state index contributed by atoms with van der Waals surface area (Å²) < 4.78 is 32.7. The van der Waals surface area contributed by atoms with Crippen molar-refractivity contribution in [3.63, 3.8) is 0 Å². The zero-order valence-electron chi connectivity index (χ0n) is 35.0. The molecule has 6 aromatic rings. The quantitative estimate of drug-likeness (QED) is 0.132. The number of methoxy groups -OCH3 is 2. The fraction of sp³-hybridized carbons (Fsp3) is 0.319. The minimum absolute atomic E-state index is 0.174. The van der Waals surface area contributed by atoms with Gasteiger partial charge in [-0.1, -0.05) is 30.3 Å². The molecule has 62 heavy (non-hydrogen) atoms. The predicted octanol–water partition coefficient (Wildman–Crippen LogP) is 6.18. The second kappa shape index (κ2) is 18.5. The minimum atomic E-state index is -0.478. The van der Waals surface area contributed by atoms with E-state index in [2.05, 4.69) is 25.8 Å². The summed E-state index contributed by atoms with van der Waals surface area (Å²) in [6.07, 6.45) is 7.84. The molecule has 0 spiro atoms. The van der Waals surface area contributed by atoms with Crippen LogP contribution in [0, 0.1) is 5.82 Å². The molecule has 0 aliphatic carbocycles. The highest BCUT2D eigenvalue weighted by Crippen LogP contribution is 2.40. The van der Waals surface area contributed by atoms with E-state index in [0.717, 1.165) is 59.0 Å². The van der Waals surface area contributed by atoms with E-state index < -0.39 is 5.82 Å². The van der Waals surface area contributed by atoms with Gasteiger partial charge in [0, 0.05) is 107 Å². The Morgan fingerprint density at radius 1 is 0.774 bits per heavy atom. The third-order valence-corrected chi connectivity index (χ3v) is 11.6. The van der Waals surface area contributed by atoms with Gasteiger partial charge in [-0.05, 0) is 71.6 Å². The first-order valence-electron chi connectivity index (χ1n) is 21.0. The lowest BCUT2D eigenvalue weighted by Gasteiger charge is -2.34. The van der Waals surface area contributed by atoms with E-state index in [9.17, 15) is 4.79 Å². The summed E-state index contributed by atoms with van der Waals surface area (Å²) in [5, 5.41) is 0. The fourth-order valence-corrected chi connectivity index (χ4v) is 8.23. The van der Waals surface area contributed by atoms with Crippen molar-refractivity contribution in [3.8, 4) is 22.8 Å². The van der Waals surface area contributed by atoms with Crippen LogP contribution in [-0.4, -0.2) is 114 Å². The first kappa shape index (κ1) is 40.7. The molecule has 3 aliphatic rings. The molecule has 2 saturated heterocycles. The average Bonchev–Trinajstić information content (AvgIpc) is 3.76. The summed E-state index contributed by atoms with van der Waals surface area (Å²) in [4.78, 5) is 48.1. The van der Waals surface area contributed by atoms with E-state index in [1.54, 1.807) is 37.4 Å². The van der Waals surface area contributed by atoms with Crippen LogP contribution in [0.4, 0.5) is 27.8 Å². The third kappa shape index (κ3) is 8.99. The third-order valence-electron chi connectivity index (χ3n) is 11.6. The lowest BCUT2D eigenvalue weighted by atomic mass is 10.1. The van der Waals surface area contributed by atoms with Crippen LogP contribution in [0.2, 0.25) is 0 Å². The number of fused-ring (bicyclic) bond motifs is 1. The van der Waals surface area contributed by atoms with Crippen LogP contribution in [0.3, 0.4) is 0 Å². The Bertz CT molecular complexity index is 2410. The van der Waals surface area contributed by atoms with Gasteiger partial charge in [-0.3, -0.25) is 14.7 Å². The Kier molecular flexibility index (Phi) is 12.1. The molecule has 1 amide bonds. The highest BCUT2D eigenvalue weighted by Gasteiger charge is 2.32. The zero-order chi connectivity index (χ0) is 42.4. The molecule has 9 rings (SSSR count). The van der Waals surface area contributed by atoms with Gasteiger partial charge in [0.2, 0.25) is 11.9 Å². The summed E-state index contributed by atoms with van der Waals surface area (Å²) in [5.74, 6) is 2.65. The van der Waals surface area contributed by atoms with E-state index in [-0.39, 0.29) is 5.91 Å². The van der Waals surface area contributed by atoms with Gasteiger partial charge in [-0.25, -0.2) is 19.3 Å². The van der Waals surface area contributed by atoms with Crippen molar-refractivity contribution in [2.45, 2.75) is 26.1 Å². The topological polar surface area (TPSA) is 125 Å². The van der Waals surface area contributed by atoms with Gasteiger partial charge in [-0.15, -0.1) is 0 Å². The van der Waals surface area contributed by atoms with Crippen molar-refractivity contribution in [1.82, 2.24) is 34.7 Å². The van der Waals surface area contributed by atoms with Gasteiger partial charge < -0.3 is 33.8 Å². The lowest BCUT2D eigenvalue weighted by molar-refractivity contribution is 0.0628. The molecule has 15 heteroatoms. The molecule has 2 fully saturated rings. The van der Waals surface area contributed by atoms with E-state index in [1.165, 1.54) is 6.07 Å². The number of carbonyl (C=O) groups excluding carboxylic acids is 1. The van der Waals surface area contributed by atoms with Crippen LogP contribution in [0.25, 0.3) is 11.3 Å². The molecule has 6 heterocycles. The minimum Gasteiger partial charge on any atom is -0.497 e. The second-order valence-electron chi connectivity index (χ2n) is 15.6. The normalized spacial score (nSPS) is 15.4. The first-order valence-corrected chi connectivity index (χ1v) is 21.0. The highest BCUT2D eigenvalue weighted by molar-refractivity contribution is 5.95. The summed E-state index contributed by atoms with van der Waals surface area (Å²) in [6.45, 7) is 7.37. The number of halogens is 1. The summed E-state index contributed by atoms with van der Waals surface area (Å²) in [7, 11) is 3.31. The number of carbonyl (C=O) groups is 1. The highest BCUT2D eigenvalue weighted by atomic mass is 19.1. The Labute approximate surface area is 360 Å². The van der Waals surface area contributed by atoms with Crippen molar-refractivity contribution < 1.29 is 23.4 Å². The molecule has 0 saturated carbocycles. The Morgan fingerprint density at radius 2 is 1.45 bits per heavy atom. The van der Waals surface area contributed by atoms with E-state index in [4.69, 9.17) is 34.1 Å². The van der Waals surface area contributed by atoms with Crippen molar-refractivity contribution in [2.24, 2.45) is 0 Å². The van der Waals surface area contributed by atoms with Crippen molar-refractivity contribution in [1.29, 1.82) is 0 Å². The van der Waals surface area contributed by atoms with Gasteiger partial charge in [0.15, 0.2) is 0 Å². The second-order valence-corrected chi connectivity index (χ2v) is 15.6.